The van der Waals surface area contributed by atoms with Gasteiger partial charge >= 0.3 is 0 Å². The molecule has 1 heterocycles. The van der Waals surface area contributed by atoms with Crippen LogP contribution in [-0.4, -0.2) is 27.6 Å². The van der Waals surface area contributed by atoms with Crippen molar-refractivity contribution in [2.75, 3.05) is 7.05 Å². The predicted octanol–water partition coefficient (Wildman–Crippen LogP) is 1.89. The third-order valence-corrected chi connectivity index (χ3v) is 2.95. The van der Waals surface area contributed by atoms with Gasteiger partial charge in [0.25, 0.3) is 0 Å². The van der Waals surface area contributed by atoms with E-state index >= 15 is 0 Å². The number of carbonyl (C=O) groups is 1. The highest BCUT2D eigenvalue weighted by atomic mass is 16.2. The summed E-state index contributed by atoms with van der Waals surface area (Å²) in [6.07, 6.45) is 0.552. The minimum absolute atomic E-state index is 0.169. The number of hydrogen-bond donors (Lipinski definition) is 0. The van der Waals surface area contributed by atoms with Gasteiger partial charge in [-0.3, -0.25) is 9.48 Å². The van der Waals surface area contributed by atoms with E-state index < -0.39 is 0 Å². The molecule has 1 amide bonds. The third kappa shape index (κ3) is 2.43. The van der Waals surface area contributed by atoms with Crippen molar-refractivity contribution in [3.63, 3.8) is 0 Å². The fraction of sp³-hybridized carbons (Fsp3) is 0.667. The van der Waals surface area contributed by atoms with E-state index in [1.165, 1.54) is 5.56 Å². The molecule has 0 fully saturated rings. The molecule has 1 aromatic rings. The Hall–Kier alpha value is -1.32. The van der Waals surface area contributed by atoms with E-state index in [2.05, 4.69) is 18.9 Å². The fourth-order valence-corrected chi connectivity index (χ4v) is 1.87. The molecule has 0 N–H and O–H groups in total. The van der Waals surface area contributed by atoms with Crippen LogP contribution in [0.1, 0.15) is 37.2 Å². The normalized spacial score (nSPS) is 10.6. The lowest BCUT2D eigenvalue weighted by Crippen LogP contribution is -2.25. The van der Waals surface area contributed by atoms with Gasteiger partial charge in [0.15, 0.2) is 0 Å². The van der Waals surface area contributed by atoms with E-state index in [1.54, 1.807) is 4.90 Å². The average Bonchev–Trinajstić information content (AvgIpc) is 2.55. The maximum absolute atomic E-state index is 11.5. The lowest BCUT2D eigenvalue weighted by molar-refractivity contribution is -0.130. The molecule has 0 saturated carbocycles. The Morgan fingerprint density at radius 1 is 1.38 bits per heavy atom. The van der Waals surface area contributed by atoms with Gasteiger partial charge in [-0.1, -0.05) is 6.92 Å². The van der Waals surface area contributed by atoms with Crippen LogP contribution in [0.15, 0.2) is 0 Å². The van der Waals surface area contributed by atoms with Crippen molar-refractivity contribution in [3.05, 3.63) is 17.0 Å². The zero-order valence-corrected chi connectivity index (χ0v) is 10.9. The molecule has 0 aliphatic heterocycles. The number of amides is 1. The SMILES string of the molecule is CCC(=O)N(C)Cc1c(C)nn(CC)c1C. The summed E-state index contributed by atoms with van der Waals surface area (Å²) in [6, 6.07) is 0. The zero-order chi connectivity index (χ0) is 12.3. The van der Waals surface area contributed by atoms with Gasteiger partial charge in [-0.25, -0.2) is 0 Å². The predicted molar refractivity (Wildman–Crippen MR) is 64.1 cm³/mol. The highest BCUT2D eigenvalue weighted by Crippen LogP contribution is 2.15. The van der Waals surface area contributed by atoms with Gasteiger partial charge in [-0.05, 0) is 20.8 Å². The molecule has 4 heteroatoms. The van der Waals surface area contributed by atoms with Gasteiger partial charge in [-0.2, -0.15) is 5.10 Å². The van der Waals surface area contributed by atoms with Crippen LogP contribution in [0.3, 0.4) is 0 Å². The van der Waals surface area contributed by atoms with Crippen molar-refractivity contribution in [2.24, 2.45) is 0 Å². The Bertz CT molecular complexity index is 382. The Morgan fingerprint density at radius 2 is 2.00 bits per heavy atom. The first kappa shape index (κ1) is 12.7. The van der Waals surface area contributed by atoms with Crippen molar-refractivity contribution in [2.45, 2.75) is 47.2 Å². The van der Waals surface area contributed by atoms with Crippen molar-refractivity contribution in [1.29, 1.82) is 0 Å². The molecule has 1 aromatic heterocycles. The quantitative estimate of drug-likeness (QED) is 0.781. The Labute approximate surface area is 97.2 Å². The molecule has 4 nitrogen and oxygen atoms in total. The maximum atomic E-state index is 11.5. The van der Waals surface area contributed by atoms with Gasteiger partial charge in [0.05, 0.1) is 5.69 Å². The summed E-state index contributed by atoms with van der Waals surface area (Å²) in [7, 11) is 1.84. The molecule has 0 radical (unpaired) electrons. The minimum atomic E-state index is 0.169. The van der Waals surface area contributed by atoms with E-state index in [1.807, 2.05) is 25.6 Å². The van der Waals surface area contributed by atoms with E-state index in [0.29, 0.717) is 13.0 Å². The number of rotatable bonds is 4. The summed E-state index contributed by atoms with van der Waals surface area (Å²) in [5.41, 5.74) is 3.36. The highest BCUT2D eigenvalue weighted by molar-refractivity contribution is 5.75. The molecule has 0 aromatic carbocycles. The van der Waals surface area contributed by atoms with Crippen LogP contribution in [0.25, 0.3) is 0 Å². The van der Waals surface area contributed by atoms with Gasteiger partial charge in [0, 0.05) is 37.8 Å². The van der Waals surface area contributed by atoms with Gasteiger partial charge in [0.1, 0.15) is 0 Å². The largest absolute Gasteiger partial charge is 0.341 e. The highest BCUT2D eigenvalue weighted by Gasteiger charge is 2.14. The zero-order valence-electron chi connectivity index (χ0n) is 10.9. The number of hydrogen-bond acceptors (Lipinski definition) is 2. The molecule has 1 rings (SSSR count). The van der Waals surface area contributed by atoms with Gasteiger partial charge in [-0.15, -0.1) is 0 Å². The molecule has 90 valence electrons. The summed E-state index contributed by atoms with van der Waals surface area (Å²) in [5, 5.41) is 4.45. The molecule has 0 bridgehead atoms. The van der Waals surface area contributed by atoms with Crippen molar-refractivity contribution in [3.8, 4) is 0 Å². The molecule has 0 aliphatic rings. The topological polar surface area (TPSA) is 38.1 Å². The van der Waals surface area contributed by atoms with Crippen LogP contribution in [0.4, 0.5) is 0 Å². The Morgan fingerprint density at radius 3 is 2.44 bits per heavy atom. The molecule has 0 atom stereocenters. The van der Waals surface area contributed by atoms with Crippen LogP contribution in [0.5, 0.6) is 0 Å². The number of aromatic nitrogens is 2. The van der Waals surface area contributed by atoms with E-state index in [0.717, 1.165) is 17.9 Å². The van der Waals surface area contributed by atoms with Crippen molar-refractivity contribution < 1.29 is 4.79 Å². The summed E-state index contributed by atoms with van der Waals surface area (Å²) >= 11 is 0. The minimum Gasteiger partial charge on any atom is -0.341 e. The van der Waals surface area contributed by atoms with Crippen molar-refractivity contribution >= 4 is 5.91 Å². The molecular formula is C12H21N3O. The second kappa shape index (κ2) is 5.14. The summed E-state index contributed by atoms with van der Waals surface area (Å²) in [5.74, 6) is 0.169. The lowest BCUT2D eigenvalue weighted by Gasteiger charge is -2.16. The van der Waals surface area contributed by atoms with Crippen LogP contribution in [-0.2, 0) is 17.9 Å². The van der Waals surface area contributed by atoms with E-state index in [4.69, 9.17) is 0 Å². The average molecular weight is 223 g/mol. The first-order chi connectivity index (χ1) is 7.51. The van der Waals surface area contributed by atoms with Crippen LogP contribution < -0.4 is 0 Å². The number of carbonyl (C=O) groups excluding carboxylic acids is 1. The third-order valence-electron chi connectivity index (χ3n) is 2.95. The molecule has 16 heavy (non-hydrogen) atoms. The lowest BCUT2D eigenvalue weighted by atomic mass is 10.2. The molecule has 0 spiro atoms. The number of aryl methyl sites for hydroxylation is 2. The molecule has 0 saturated heterocycles. The Kier molecular flexibility index (Phi) is 4.10. The first-order valence-electron chi connectivity index (χ1n) is 5.78. The summed E-state index contributed by atoms with van der Waals surface area (Å²) in [4.78, 5) is 13.3. The Balaban J connectivity index is 2.89. The second-order valence-electron chi connectivity index (χ2n) is 4.07. The van der Waals surface area contributed by atoms with Crippen LogP contribution >= 0.6 is 0 Å². The second-order valence-corrected chi connectivity index (χ2v) is 4.07. The van der Waals surface area contributed by atoms with Crippen LogP contribution in [0.2, 0.25) is 0 Å². The van der Waals surface area contributed by atoms with E-state index in [9.17, 15) is 4.79 Å². The first-order valence-corrected chi connectivity index (χ1v) is 5.78. The molecular weight excluding hydrogens is 202 g/mol. The summed E-state index contributed by atoms with van der Waals surface area (Å²) < 4.78 is 1.98. The standard InChI is InChI=1S/C12H21N3O/c1-6-12(16)14(5)8-11-9(3)13-15(7-2)10(11)4/h6-8H2,1-5H3. The monoisotopic (exact) mass is 223 g/mol. The van der Waals surface area contributed by atoms with Gasteiger partial charge in [0.2, 0.25) is 5.91 Å². The van der Waals surface area contributed by atoms with E-state index in [-0.39, 0.29) is 5.91 Å². The maximum Gasteiger partial charge on any atom is 0.222 e. The number of nitrogens with zero attached hydrogens (tertiary/aromatic N) is 3. The summed E-state index contributed by atoms with van der Waals surface area (Å²) in [6.45, 7) is 9.54. The fourth-order valence-electron chi connectivity index (χ4n) is 1.87. The molecule has 0 aliphatic carbocycles. The smallest absolute Gasteiger partial charge is 0.222 e. The van der Waals surface area contributed by atoms with Crippen LogP contribution in [0, 0.1) is 13.8 Å². The molecule has 0 unspecified atom stereocenters. The van der Waals surface area contributed by atoms with Gasteiger partial charge < -0.3 is 4.90 Å². The van der Waals surface area contributed by atoms with Crippen molar-refractivity contribution in [1.82, 2.24) is 14.7 Å².